The van der Waals surface area contributed by atoms with Gasteiger partial charge in [-0.05, 0) is 43.9 Å². The fraction of sp³-hybridized carbons (Fsp3) is 0.556. The van der Waals surface area contributed by atoms with Crippen LogP contribution in [0.15, 0.2) is 24.3 Å². The second kappa shape index (κ2) is 8.84. The number of nitriles is 1. The monoisotopic (exact) mass is 347 g/mol. The van der Waals surface area contributed by atoms with Crippen LogP contribution in [0, 0.1) is 11.3 Å². The van der Waals surface area contributed by atoms with Gasteiger partial charge in [-0.25, -0.2) is 4.79 Å². The first-order valence-corrected chi connectivity index (χ1v) is 9.86. The van der Waals surface area contributed by atoms with Crippen molar-refractivity contribution in [3.8, 4) is 6.07 Å². The van der Waals surface area contributed by atoms with Crippen molar-refractivity contribution >= 4 is 16.8 Å². The van der Waals surface area contributed by atoms with Crippen molar-refractivity contribution in [3.63, 3.8) is 0 Å². The van der Waals surface area contributed by atoms with Crippen molar-refractivity contribution in [1.82, 2.24) is 10.6 Å². The lowest BCUT2D eigenvalue weighted by molar-refractivity contribution is 0.230. The van der Waals surface area contributed by atoms with Crippen LogP contribution in [0.2, 0.25) is 0 Å². The zero-order chi connectivity index (χ0) is 17.5. The molecule has 1 aromatic rings. The Morgan fingerprint density at radius 3 is 2.96 bits per heavy atom. The van der Waals surface area contributed by atoms with Crippen molar-refractivity contribution in [2.75, 3.05) is 5.75 Å². The Morgan fingerprint density at radius 2 is 2.25 bits per heavy atom. The summed E-state index contributed by atoms with van der Waals surface area (Å²) < 4.78 is 12.0. The van der Waals surface area contributed by atoms with Gasteiger partial charge in [-0.2, -0.15) is 5.26 Å². The van der Waals surface area contributed by atoms with Crippen LogP contribution in [0.25, 0.3) is 0 Å². The van der Waals surface area contributed by atoms with Gasteiger partial charge in [0.05, 0.1) is 17.7 Å². The summed E-state index contributed by atoms with van der Waals surface area (Å²) in [7, 11) is -0.795. The Balaban J connectivity index is 1.88. The van der Waals surface area contributed by atoms with Gasteiger partial charge in [-0.3, -0.25) is 4.21 Å². The van der Waals surface area contributed by atoms with E-state index in [4.69, 9.17) is 5.26 Å². The summed E-state index contributed by atoms with van der Waals surface area (Å²) in [6, 6.07) is 9.03. The number of hydrogen-bond donors (Lipinski definition) is 2. The fourth-order valence-electron chi connectivity index (χ4n) is 3.14. The molecule has 5 nitrogen and oxygen atoms in total. The number of nitrogens with zero attached hydrogens (tertiary/aromatic N) is 1. The third-order valence-corrected chi connectivity index (χ3v) is 6.22. The van der Waals surface area contributed by atoms with Gasteiger partial charge in [0.1, 0.15) is 0 Å². The predicted molar refractivity (Wildman–Crippen MR) is 96.0 cm³/mol. The summed E-state index contributed by atoms with van der Waals surface area (Å²) in [5.74, 6) is 0.676. The molecule has 0 bridgehead atoms. The van der Waals surface area contributed by atoms with Gasteiger partial charge in [0.2, 0.25) is 0 Å². The van der Waals surface area contributed by atoms with Crippen molar-refractivity contribution in [3.05, 3.63) is 35.4 Å². The molecule has 0 aliphatic heterocycles. The molecule has 0 radical (unpaired) electrons. The first-order chi connectivity index (χ1) is 11.5. The van der Waals surface area contributed by atoms with Crippen LogP contribution >= 0.6 is 0 Å². The van der Waals surface area contributed by atoms with Crippen molar-refractivity contribution in [2.24, 2.45) is 0 Å². The maximum atomic E-state index is 12.2. The number of rotatable bonds is 5. The first-order valence-electron chi connectivity index (χ1n) is 8.47. The molecule has 1 saturated carbocycles. The molecule has 2 N–H and O–H groups in total. The molecule has 1 aromatic carbocycles. The molecule has 4 atom stereocenters. The van der Waals surface area contributed by atoms with E-state index in [0.717, 1.165) is 31.2 Å². The molecule has 6 heteroatoms. The van der Waals surface area contributed by atoms with Crippen molar-refractivity contribution in [1.29, 1.82) is 5.26 Å². The SMILES string of the molecule is CC[S@@](=O)[C@@H]1CCC[C@H](NC(=O)N[C@@H](C)c2cccc(C#N)c2)C1. The van der Waals surface area contributed by atoms with E-state index in [0.29, 0.717) is 11.3 Å². The number of nitrogens with one attached hydrogen (secondary N) is 2. The molecule has 0 heterocycles. The van der Waals surface area contributed by atoms with Gasteiger partial charge in [-0.1, -0.05) is 25.5 Å². The number of amides is 2. The van der Waals surface area contributed by atoms with E-state index in [1.165, 1.54) is 0 Å². The van der Waals surface area contributed by atoms with Crippen LogP contribution in [-0.4, -0.2) is 27.3 Å². The normalized spacial score (nSPS) is 22.9. The van der Waals surface area contributed by atoms with Gasteiger partial charge in [0.15, 0.2) is 0 Å². The van der Waals surface area contributed by atoms with Crippen LogP contribution in [0.4, 0.5) is 4.79 Å². The van der Waals surface area contributed by atoms with Gasteiger partial charge in [0, 0.05) is 27.8 Å². The molecule has 1 aliphatic rings. The van der Waals surface area contributed by atoms with E-state index >= 15 is 0 Å². The minimum atomic E-state index is -0.795. The second-order valence-electron chi connectivity index (χ2n) is 6.23. The van der Waals surface area contributed by atoms with Gasteiger partial charge < -0.3 is 10.6 Å². The van der Waals surface area contributed by atoms with Crippen molar-refractivity contribution in [2.45, 2.75) is 56.9 Å². The zero-order valence-corrected chi connectivity index (χ0v) is 15.1. The van der Waals surface area contributed by atoms with E-state index in [9.17, 15) is 9.00 Å². The Morgan fingerprint density at radius 1 is 1.46 bits per heavy atom. The van der Waals surface area contributed by atoms with Gasteiger partial charge in [-0.15, -0.1) is 0 Å². The third kappa shape index (κ3) is 5.07. The molecular formula is C18H25N3O2S. The van der Waals surface area contributed by atoms with Crippen LogP contribution in [0.3, 0.4) is 0 Å². The summed E-state index contributed by atoms with van der Waals surface area (Å²) in [6.45, 7) is 3.84. The highest BCUT2D eigenvalue weighted by Gasteiger charge is 2.26. The lowest BCUT2D eigenvalue weighted by atomic mass is 9.95. The lowest BCUT2D eigenvalue weighted by Crippen LogP contribution is -2.46. The molecule has 2 amide bonds. The standard InChI is InChI=1S/C18H25N3O2S/c1-3-24(23)17-9-5-8-16(11-17)21-18(22)20-13(2)15-7-4-6-14(10-15)12-19/h4,6-7,10,13,16-17H,3,5,8-9,11H2,1-2H3,(H2,20,21,22)/t13-,16-,17+,24+/m0/s1. The Hall–Kier alpha value is -1.87. The summed E-state index contributed by atoms with van der Waals surface area (Å²) in [5, 5.41) is 15.1. The van der Waals surface area contributed by atoms with E-state index in [-0.39, 0.29) is 23.4 Å². The number of carbonyl (C=O) groups excluding carboxylic acids is 1. The Bertz CT molecular complexity index is 641. The third-order valence-electron chi connectivity index (χ3n) is 4.48. The molecule has 2 rings (SSSR count). The molecule has 0 spiro atoms. The van der Waals surface area contributed by atoms with E-state index in [1.54, 1.807) is 12.1 Å². The lowest BCUT2D eigenvalue weighted by Gasteiger charge is -2.29. The van der Waals surface area contributed by atoms with Crippen LogP contribution in [0.1, 0.15) is 56.7 Å². The van der Waals surface area contributed by atoms with E-state index in [1.807, 2.05) is 26.0 Å². The van der Waals surface area contributed by atoms with Gasteiger partial charge >= 0.3 is 6.03 Å². The first kappa shape index (κ1) is 18.5. The number of carbonyl (C=O) groups is 1. The summed E-state index contributed by atoms with van der Waals surface area (Å²) >= 11 is 0. The molecule has 0 unspecified atom stereocenters. The van der Waals surface area contributed by atoms with Crippen LogP contribution < -0.4 is 10.6 Å². The Kier molecular flexibility index (Phi) is 6.80. The van der Waals surface area contributed by atoms with Gasteiger partial charge in [0.25, 0.3) is 0 Å². The highest BCUT2D eigenvalue weighted by molar-refractivity contribution is 7.85. The topological polar surface area (TPSA) is 82.0 Å². The largest absolute Gasteiger partial charge is 0.335 e. The average molecular weight is 347 g/mol. The molecule has 24 heavy (non-hydrogen) atoms. The number of benzene rings is 1. The quantitative estimate of drug-likeness (QED) is 0.859. The second-order valence-corrected chi connectivity index (χ2v) is 8.24. The predicted octanol–water partition coefficient (Wildman–Crippen LogP) is 3.00. The minimum Gasteiger partial charge on any atom is -0.335 e. The highest BCUT2D eigenvalue weighted by atomic mass is 32.2. The highest BCUT2D eigenvalue weighted by Crippen LogP contribution is 2.23. The number of urea groups is 1. The van der Waals surface area contributed by atoms with Crippen LogP contribution in [-0.2, 0) is 10.8 Å². The summed E-state index contributed by atoms with van der Waals surface area (Å²) in [6.07, 6.45) is 3.70. The molecule has 1 fully saturated rings. The summed E-state index contributed by atoms with van der Waals surface area (Å²) in [5.41, 5.74) is 1.48. The average Bonchev–Trinajstić information content (AvgIpc) is 2.61. The van der Waals surface area contributed by atoms with Crippen molar-refractivity contribution < 1.29 is 9.00 Å². The van der Waals surface area contributed by atoms with E-state index < -0.39 is 10.8 Å². The van der Waals surface area contributed by atoms with E-state index in [2.05, 4.69) is 16.7 Å². The molecule has 0 aromatic heterocycles. The minimum absolute atomic E-state index is 0.0805. The number of hydrogen-bond acceptors (Lipinski definition) is 3. The summed E-state index contributed by atoms with van der Waals surface area (Å²) in [4.78, 5) is 12.2. The molecular weight excluding hydrogens is 322 g/mol. The maximum Gasteiger partial charge on any atom is 0.315 e. The zero-order valence-electron chi connectivity index (χ0n) is 14.2. The molecule has 1 aliphatic carbocycles. The molecule has 130 valence electrons. The maximum absolute atomic E-state index is 12.2. The smallest absolute Gasteiger partial charge is 0.315 e. The fourth-order valence-corrected chi connectivity index (χ4v) is 4.48. The molecule has 0 saturated heterocycles. The Labute approximate surface area is 146 Å². The van der Waals surface area contributed by atoms with Crippen LogP contribution in [0.5, 0.6) is 0 Å².